The monoisotopic (exact) mass is 412 g/mol. The molecule has 2 aliphatic carbocycles. The van der Waals surface area contributed by atoms with Gasteiger partial charge in [-0.1, -0.05) is 11.6 Å². The van der Waals surface area contributed by atoms with Crippen molar-refractivity contribution in [2.24, 2.45) is 11.3 Å². The fourth-order valence-corrected chi connectivity index (χ4v) is 5.19. The molecule has 1 unspecified atom stereocenters. The van der Waals surface area contributed by atoms with E-state index in [1.165, 1.54) is 0 Å². The summed E-state index contributed by atoms with van der Waals surface area (Å²) in [6.07, 6.45) is 1.61. The maximum atomic E-state index is 12.8. The van der Waals surface area contributed by atoms with E-state index in [-0.39, 0.29) is 40.6 Å². The first-order chi connectivity index (χ1) is 12.8. The second-order valence-corrected chi connectivity index (χ2v) is 8.39. The Hall–Kier alpha value is -1.48. The number of halogens is 2. The molecular weight excluding hydrogens is 395 g/mol. The van der Waals surface area contributed by atoms with Crippen LogP contribution in [0.4, 0.5) is 0 Å². The van der Waals surface area contributed by atoms with Gasteiger partial charge in [0.05, 0.1) is 19.0 Å². The van der Waals surface area contributed by atoms with Gasteiger partial charge < -0.3 is 18.8 Å². The van der Waals surface area contributed by atoms with Crippen LogP contribution in [0.3, 0.4) is 0 Å². The minimum Gasteiger partial charge on any atom is -0.465 e. The SMILES string of the molecule is CCOC(=O)[C@]12CC1[C@@H](n1cnc3c(Cl)nc(Cl)nc31)[C@@H]1OC(C)(C)O[C@@H]12. The second-order valence-electron chi connectivity index (χ2n) is 7.69. The van der Waals surface area contributed by atoms with Gasteiger partial charge in [-0.25, -0.2) is 9.97 Å². The van der Waals surface area contributed by atoms with Crippen LogP contribution in [-0.4, -0.2) is 50.1 Å². The average Bonchev–Trinajstić information content (AvgIpc) is 2.90. The molecule has 0 amide bonds. The van der Waals surface area contributed by atoms with Crippen LogP contribution in [-0.2, 0) is 19.0 Å². The molecule has 2 saturated carbocycles. The summed E-state index contributed by atoms with van der Waals surface area (Å²) >= 11 is 12.2. The quantitative estimate of drug-likeness (QED) is 0.434. The molecule has 2 aromatic heterocycles. The number of hydrogen-bond acceptors (Lipinski definition) is 7. The van der Waals surface area contributed by atoms with E-state index < -0.39 is 11.2 Å². The Morgan fingerprint density at radius 1 is 1.37 bits per heavy atom. The van der Waals surface area contributed by atoms with E-state index in [2.05, 4.69) is 15.0 Å². The Morgan fingerprint density at radius 2 is 2.15 bits per heavy atom. The summed E-state index contributed by atoms with van der Waals surface area (Å²) in [6, 6.07) is -0.187. The minimum atomic E-state index is -0.790. The fourth-order valence-electron chi connectivity index (χ4n) is 4.77. The van der Waals surface area contributed by atoms with Gasteiger partial charge >= 0.3 is 5.97 Å². The zero-order chi connectivity index (χ0) is 19.1. The van der Waals surface area contributed by atoms with Gasteiger partial charge in [0.15, 0.2) is 16.6 Å². The number of carbonyl (C=O) groups excluding carboxylic acids is 1. The van der Waals surface area contributed by atoms with Crippen LogP contribution in [0.25, 0.3) is 11.2 Å². The third kappa shape index (κ3) is 2.30. The van der Waals surface area contributed by atoms with Crippen LogP contribution in [0.5, 0.6) is 0 Å². The molecule has 5 rings (SSSR count). The number of fused-ring (bicyclic) bond motifs is 4. The molecule has 1 aliphatic heterocycles. The molecule has 8 nitrogen and oxygen atoms in total. The molecule has 0 N–H and O–H groups in total. The van der Waals surface area contributed by atoms with E-state index in [0.717, 1.165) is 0 Å². The van der Waals surface area contributed by atoms with Crippen molar-refractivity contribution in [3.63, 3.8) is 0 Å². The average molecular weight is 413 g/mol. The number of esters is 1. The van der Waals surface area contributed by atoms with Gasteiger partial charge in [-0.3, -0.25) is 4.79 Å². The van der Waals surface area contributed by atoms with Crippen LogP contribution < -0.4 is 0 Å². The lowest BCUT2D eigenvalue weighted by molar-refractivity contribution is -0.172. The van der Waals surface area contributed by atoms with Crippen LogP contribution in [0.15, 0.2) is 6.33 Å². The Bertz CT molecular complexity index is 964. The summed E-state index contributed by atoms with van der Waals surface area (Å²) in [7, 11) is 0. The van der Waals surface area contributed by atoms with E-state index in [0.29, 0.717) is 24.2 Å². The number of hydrogen-bond donors (Lipinski definition) is 0. The number of aromatic nitrogens is 4. The molecule has 0 bridgehead atoms. The van der Waals surface area contributed by atoms with Gasteiger partial charge in [0.1, 0.15) is 23.1 Å². The Balaban J connectivity index is 1.63. The van der Waals surface area contributed by atoms with E-state index in [1.807, 2.05) is 18.4 Å². The standard InChI is InChI=1S/C17H18Cl2N4O4/c1-4-25-14(24)17-5-7(17)9(10-11(17)27-16(2,3)26-10)23-6-20-8-12(18)21-15(19)22-13(8)23/h6-7,9-11H,4-5H2,1-3H3/t7?,9-,10+,11+,17-/m1/s1. The van der Waals surface area contributed by atoms with E-state index in [1.54, 1.807) is 13.3 Å². The molecule has 0 radical (unpaired) electrons. The maximum absolute atomic E-state index is 12.8. The van der Waals surface area contributed by atoms with E-state index >= 15 is 0 Å². The van der Waals surface area contributed by atoms with Crippen LogP contribution in [0.1, 0.15) is 33.2 Å². The Kier molecular flexibility index (Phi) is 3.61. The first kappa shape index (κ1) is 17.6. The molecule has 2 aromatic rings. The highest BCUT2D eigenvalue weighted by atomic mass is 35.5. The van der Waals surface area contributed by atoms with Crippen molar-refractivity contribution in [1.82, 2.24) is 19.5 Å². The third-order valence-corrected chi connectivity index (χ3v) is 6.21. The lowest BCUT2D eigenvalue weighted by Crippen LogP contribution is -2.36. The summed E-state index contributed by atoms with van der Waals surface area (Å²) in [5.41, 5.74) is 0.282. The van der Waals surface area contributed by atoms with Crippen molar-refractivity contribution in [3.05, 3.63) is 16.8 Å². The predicted octanol–water partition coefficient (Wildman–Crippen LogP) is 2.78. The Labute approximate surface area is 165 Å². The first-order valence-electron chi connectivity index (χ1n) is 8.87. The largest absolute Gasteiger partial charge is 0.465 e. The number of carbonyl (C=O) groups is 1. The van der Waals surface area contributed by atoms with Crippen LogP contribution in [0.2, 0.25) is 10.4 Å². The summed E-state index contributed by atoms with van der Waals surface area (Å²) in [4.78, 5) is 25.4. The third-order valence-electron chi connectivity index (χ3n) is 5.77. The molecule has 3 fully saturated rings. The van der Waals surface area contributed by atoms with Crippen molar-refractivity contribution in [1.29, 1.82) is 0 Å². The summed E-state index contributed by atoms with van der Waals surface area (Å²) in [5, 5.41) is 0.231. The molecular formula is C17H18Cl2N4O4. The predicted molar refractivity (Wildman–Crippen MR) is 95.4 cm³/mol. The van der Waals surface area contributed by atoms with Crippen LogP contribution >= 0.6 is 23.2 Å². The molecule has 5 atom stereocenters. The Morgan fingerprint density at radius 3 is 2.89 bits per heavy atom. The lowest BCUT2D eigenvalue weighted by atomic mass is 9.99. The van der Waals surface area contributed by atoms with Crippen molar-refractivity contribution >= 4 is 40.3 Å². The molecule has 1 saturated heterocycles. The number of imidazole rings is 1. The molecule has 3 aliphatic rings. The smallest absolute Gasteiger partial charge is 0.315 e. The van der Waals surface area contributed by atoms with Gasteiger partial charge in [-0.2, -0.15) is 4.98 Å². The highest BCUT2D eigenvalue weighted by Gasteiger charge is 2.80. The summed E-state index contributed by atoms with van der Waals surface area (Å²) in [5.74, 6) is -1.02. The van der Waals surface area contributed by atoms with Gasteiger partial charge in [0.2, 0.25) is 5.28 Å². The number of rotatable bonds is 3. The second kappa shape index (κ2) is 5.53. The summed E-state index contributed by atoms with van der Waals surface area (Å²) < 4.78 is 19.6. The topological polar surface area (TPSA) is 88.4 Å². The van der Waals surface area contributed by atoms with Crippen molar-refractivity contribution < 1.29 is 19.0 Å². The number of nitrogens with zero attached hydrogens (tertiary/aromatic N) is 4. The molecule has 3 heterocycles. The van der Waals surface area contributed by atoms with Gasteiger partial charge in [0.25, 0.3) is 0 Å². The van der Waals surface area contributed by atoms with Gasteiger partial charge in [-0.05, 0) is 38.8 Å². The molecule has 0 aromatic carbocycles. The number of ether oxygens (including phenoxy) is 3. The van der Waals surface area contributed by atoms with Crippen molar-refractivity contribution in [2.45, 2.75) is 51.2 Å². The highest BCUT2D eigenvalue weighted by molar-refractivity contribution is 6.35. The van der Waals surface area contributed by atoms with Crippen LogP contribution in [0, 0.1) is 11.3 Å². The van der Waals surface area contributed by atoms with Gasteiger partial charge in [0, 0.05) is 5.92 Å². The van der Waals surface area contributed by atoms with E-state index in [9.17, 15) is 4.79 Å². The first-order valence-corrected chi connectivity index (χ1v) is 9.62. The van der Waals surface area contributed by atoms with Crippen molar-refractivity contribution in [2.75, 3.05) is 6.61 Å². The van der Waals surface area contributed by atoms with E-state index in [4.69, 9.17) is 37.4 Å². The zero-order valence-corrected chi connectivity index (χ0v) is 16.5. The molecule has 144 valence electrons. The van der Waals surface area contributed by atoms with Crippen molar-refractivity contribution in [3.8, 4) is 0 Å². The maximum Gasteiger partial charge on any atom is 0.315 e. The highest BCUT2D eigenvalue weighted by Crippen LogP contribution is 2.72. The zero-order valence-electron chi connectivity index (χ0n) is 15.0. The lowest BCUT2D eigenvalue weighted by Gasteiger charge is -2.24. The molecule has 0 spiro atoms. The molecule has 10 heteroatoms. The van der Waals surface area contributed by atoms with Gasteiger partial charge in [-0.15, -0.1) is 0 Å². The fraction of sp³-hybridized carbons (Fsp3) is 0.647. The normalized spacial score (nSPS) is 35.9. The minimum absolute atomic E-state index is 0.00701. The summed E-state index contributed by atoms with van der Waals surface area (Å²) in [6.45, 7) is 5.82. The molecule has 27 heavy (non-hydrogen) atoms.